The minimum atomic E-state index is -0.175. The average Bonchev–Trinajstić information content (AvgIpc) is 3.26. The number of carbonyl (C=O) groups excluding carboxylic acids is 1. The van der Waals surface area contributed by atoms with Crippen LogP contribution in [0.3, 0.4) is 0 Å². The van der Waals surface area contributed by atoms with Crippen molar-refractivity contribution < 1.29 is 4.79 Å². The van der Waals surface area contributed by atoms with Gasteiger partial charge in [-0.05, 0) is 39.2 Å². The first-order chi connectivity index (χ1) is 13.1. The van der Waals surface area contributed by atoms with E-state index in [2.05, 4.69) is 41.4 Å². The number of hydrogen-bond donors (Lipinski definition) is 1. The van der Waals surface area contributed by atoms with Crippen LogP contribution in [0.2, 0.25) is 0 Å². The highest BCUT2D eigenvalue weighted by atomic mass is 32.1. The van der Waals surface area contributed by atoms with Crippen LogP contribution in [0.25, 0.3) is 11.0 Å². The van der Waals surface area contributed by atoms with Gasteiger partial charge in [0.15, 0.2) is 5.65 Å². The van der Waals surface area contributed by atoms with Gasteiger partial charge in [0.25, 0.3) is 5.91 Å². The lowest BCUT2D eigenvalue weighted by atomic mass is 10.1. The summed E-state index contributed by atoms with van der Waals surface area (Å²) in [4.78, 5) is 17.8. The monoisotopic (exact) mass is 384 g/mol. The summed E-state index contributed by atoms with van der Waals surface area (Å²) in [5.74, 6) is 0.282. The summed E-state index contributed by atoms with van der Waals surface area (Å²) < 4.78 is 1.88. The van der Waals surface area contributed by atoms with Crippen LogP contribution in [0.15, 0.2) is 12.3 Å². The molecule has 0 spiro atoms. The Morgan fingerprint density at radius 2 is 2.19 bits per heavy atom. The fourth-order valence-corrected chi connectivity index (χ4v) is 3.87. The Bertz CT molecular complexity index is 972. The van der Waals surface area contributed by atoms with Crippen molar-refractivity contribution in [3.05, 3.63) is 28.5 Å². The second kappa shape index (κ2) is 7.34. The predicted octanol–water partition coefficient (Wildman–Crippen LogP) is 4.34. The van der Waals surface area contributed by atoms with Crippen molar-refractivity contribution in [2.75, 3.05) is 5.32 Å². The van der Waals surface area contributed by atoms with E-state index in [0.717, 1.165) is 53.8 Å². The molecule has 27 heavy (non-hydrogen) atoms. The molecule has 0 aliphatic heterocycles. The van der Waals surface area contributed by atoms with Crippen LogP contribution in [0.5, 0.6) is 0 Å². The molecule has 1 fully saturated rings. The van der Waals surface area contributed by atoms with Crippen molar-refractivity contribution in [1.29, 1.82) is 0 Å². The normalized spacial score (nSPS) is 14.2. The zero-order valence-electron chi connectivity index (χ0n) is 15.9. The van der Waals surface area contributed by atoms with E-state index in [1.807, 2.05) is 10.7 Å². The lowest BCUT2D eigenvalue weighted by Crippen LogP contribution is -2.13. The minimum Gasteiger partial charge on any atom is -0.296 e. The summed E-state index contributed by atoms with van der Waals surface area (Å²) in [5, 5.41) is 17.9. The Balaban J connectivity index is 1.65. The molecule has 1 N–H and O–H groups in total. The van der Waals surface area contributed by atoms with Gasteiger partial charge in [0.05, 0.1) is 17.1 Å². The first-order valence-electron chi connectivity index (χ1n) is 9.58. The molecular weight excluding hydrogens is 360 g/mol. The second-order valence-corrected chi connectivity index (χ2v) is 8.41. The molecule has 8 heteroatoms. The summed E-state index contributed by atoms with van der Waals surface area (Å²) >= 11 is 1.44. The van der Waals surface area contributed by atoms with E-state index in [1.165, 1.54) is 11.3 Å². The summed E-state index contributed by atoms with van der Waals surface area (Å²) in [6.45, 7) is 6.28. The van der Waals surface area contributed by atoms with Crippen LogP contribution < -0.4 is 5.32 Å². The Hall–Kier alpha value is -2.35. The first kappa shape index (κ1) is 18.0. The number of hydrogen-bond acceptors (Lipinski definition) is 6. The molecule has 0 radical (unpaired) electrons. The maximum Gasteiger partial charge on any atom is 0.258 e. The topological polar surface area (TPSA) is 85.6 Å². The Morgan fingerprint density at radius 3 is 2.89 bits per heavy atom. The van der Waals surface area contributed by atoms with E-state index in [4.69, 9.17) is 4.98 Å². The van der Waals surface area contributed by atoms with Gasteiger partial charge in [-0.1, -0.05) is 24.7 Å². The Labute approximate surface area is 162 Å². The molecule has 0 aromatic carbocycles. The predicted molar refractivity (Wildman–Crippen MR) is 106 cm³/mol. The fraction of sp³-hybridized carbons (Fsp3) is 0.526. The molecule has 3 aromatic heterocycles. The number of amides is 1. The molecule has 7 nitrogen and oxygen atoms in total. The molecule has 3 aromatic rings. The minimum absolute atomic E-state index is 0.175. The lowest BCUT2D eigenvalue weighted by molar-refractivity contribution is 0.102. The molecule has 1 amide bonds. The molecule has 0 atom stereocenters. The van der Waals surface area contributed by atoms with Gasteiger partial charge >= 0.3 is 0 Å². The highest BCUT2D eigenvalue weighted by Crippen LogP contribution is 2.40. The number of pyridine rings is 1. The number of carbonyl (C=O) groups is 1. The number of fused-ring (bicyclic) bond motifs is 1. The molecule has 142 valence electrons. The number of aryl methyl sites for hydroxylation is 1. The van der Waals surface area contributed by atoms with Gasteiger partial charge in [0, 0.05) is 24.1 Å². The number of nitrogens with one attached hydrogen (secondary N) is 1. The van der Waals surface area contributed by atoms with Gasteiger partial charge in [-0.15, -0.1) is 10.2 Å². The third-order valence-electron chi connectivity index (χ3n) is 4.75. The van der Waals surface area contributed by atoms with Gasteiger partial charge in [0.2, 0.25) is 5.13 Å². The lowest BCUT2D eigenvalue weighted by Gasteiger charge is -2.09. The molecule has 0 saturated heterocycles. The third kappa shape index (κ3) is 3.71. The SMILES string of the molecule is CCCCc1nnc(NC(=O)c2cc(C3CC3)nc3c2cnn3C(C)C)s1. The molecule has 1 aliphatic carbocycles. The molecule has 1 saturated carbocycles. The Morgan fingerprint density at radius 1 is 1.37 bits per heavy atom. The zero-order chi connectivity index (χ0) is 19.0. The van der Waals surface area contributed by atoms with Crippen LogP contribution in [0, 0.1) is 0 Å². The molecule has 0 bridgehead atoms. The van der Waals surface area contributed by atoms with E-state index >= 15 is 0 Å². The average molecular weight is 385 g/mol. The van der Waals surface area contributed by atoms with E-state index < -0.39 is 0 Å². The van der Waals surface area contributed by atoms with Crippen LogP contribution in [-0.2, 0) is 6.42 Å². The number of unbranched alkanes of at least 4 members (excludes halogenated alkanes) is 1. The van der Waals surface area contributed by atoms with Crippen LogP contribution in [0.1, 0.15) is 79.5 Å². The standard InChI is InChI=1S/C19H24N6OS/c1-4-5-6-16-23-24-19(27-16)22-18(26)13-9-15(12-7-8-12)21-17-14(13)10-20-25(17)11(2)3/h9-12H,4-8H2,1-3H3,(H,22,24,26). The van der Waals surface area contributed by atoms with Crippen LogP contribution in [0.4, 0.5) is 5.13 Å². The van der Waals surface area contributed by atoms with Crippen molar-refractivity contribution in [2.24, 2.45) is 0 Å². The quantitative estimate of drug-likeness (QED) is 0.655. The summed E-state index contributed by atoms with van der Waals surface area (Å²) in [5.41, 5.74) is 2.37. The largest absolute Gasteiger partial charge is 0.296 e. The number of aromatic nitrogens is 5. The highest BCUT2D eigenvalue weighted by Gasteiger charge is 2.28. The van der Waals surface area contributed by atoms with E-state index in [-0.39, 0.29) is 11.9 Å². The molecule has 0 unspecified atom stereocenters. The first-order valence-corrected chi connectivity index (χ1v) is 10.4. The van der Waals surface area contributed by atoms with E-state index in [9.17, 15) is 4.79 Å². The van der Waals surface area contributed by atoms with E-state index in [1.54, 1.807) is 6.20 Å². The van der Waals surface area contributed by atoms with Crippen molar-refractivity contribution >= 4 is 33.4 Å². The summed E-state index contributed by atoms with van der Waals surface area (Å²) in [6.07, 6.45) is 7.09. The smallest absolute Gasteiger partial charge is 0.258 e. The molecular formula is C19H24N6OS. The van der Waals surface area contributed by atoms with Crippen LogP contribution >= 0.6 is 11.3 Å². The van der Waals surface area contributed by atoms with Crippen molar-refractivity contribution in [2.45, 2.75) is 64.8 Å². The zero-order valence-corrected chi connectivity index (χ0v) is 16.7. The molecule has 4 rings (SSSR count). The van der Waals surface area contributed by atoms with Gasteiger partial charge in [-0.3, -0.25) is 10.1 Å². The summed E-state index contributed by atoms with van der Waals surface area (Å²) in [6, 6.07) is 2.10. The third-order valence-corrected chi connectivity index (χ3v) is 5.65. The van der Waals surface area contributed by atoms with Gasteiger partial charge < -0.3 is 0 Å². The van der Waals surface area contributed by atoms with Crippen molar-refractivity contribution in [3.63, 3.8) is 0 Å². The number of nitrogens with zero attached hydrogens (tertiary/aromatic N) is 5. The van der Waals surface area contributed by atoms with Crippen LogP contribution in [-0.4, -0.2) is 30.9 Å². The molecule has 3 heterocycles. The fourth-order valence-electron chi connectivity index (χ4n) is 3.09. The molecule has 1 aliphatic rings. The van der Waals surface area contributed by atoms with Gasteiger partial charge in [0.1, 0.15) is 5.01 Å². The maximum atomic E-state index is 13.0. The number of anilines is 1. The maximum absolute atomic E-state index is 13.0. The van der Waals surface area contributed by atoms with E-state index in [0.29, 0.717) is 16.6 Å². The Kier molecular flexibility index (Phi) is 4.90. The second-order valence-electron chi connectivity index (χ2n) is 7.35. The summed E-state index contributed by atoms with van der Waals surface area (Å²) in [7, 11) is 0. The van der Waals surface area contributed by atoms with Gasteiger partial charge in [-0.2, -0.15) is 5.10 Å². The van der Waals surface area contributed by atoms with Crippen molar-refractivity contribution in [1.82, 2.24) is 25.0 Å². The van der Waals surface area contributed by atoms with Crippen molar-refractivity contribution in [3.8, 4) is 0 Å². The van der Waals surface area contributed by atoms with Gasteiger partial charge in [-0.25, -0.2) is 9.67 Å². The number of rotatable bonds is 7. The highest BCUT2D eigenvalue weighted by molar-refractivity contribution is 7.15.